The summed E-state index contributed by atoms with van der Waals surface area (Å²) in [4.78, 5) is 11.3. The van der Waals surface area contributed by atoms with Crippen LogP contribution in [0.15, 0.2) is 24.3 Å². The van der Waals surface area contributed by atoms with Crippen molar-refractivity contribution in [2.75, 3.05) is 6.54 Å². The number of halogens is 2. The minimum absolute atomic E-state index is 0. The molecule has 0 aromatic heterocycles. The maximum Gasteiger partial charge on any atom is 0.324 e. The third kappa shape index (κ3) is 3.12. The third-order valence-corrected chi connectivity index (χ3v) is 3.28. The van der Waals surface area contributed by atoms with Gasteiger partial charge >= 0.3 is 5.97 Å². The second-order valence-electron chi connectivity index (χ2n) is 4.22. The van der Waals surface area contributed by atoms with Crippen molar-refractivity contribution in [1.29, 1.82) is 0 Å². The number of rotatable bonds is 3. The van der Waals surface area contributed by atoms with Crippen molar-refractivity contribution in [3.05, 3.63) is 34.9 Å². The summed E-state index contributed by atoms with van der Waals surface area (Å²) in [6.45, 7) is 0.771. The molecular weight excluding hydrogens is 261 g/mol. The fraction of sp³-hybridized carbons (Fsp3) is 0.417. The average molecular weight is 276 g/mol. The summed E-state index contributed by atoms with van der Waals surface area (Å²) in [5, 5.41) is 13.0. The average Bonchev–Trinajstić information content (AvgIpc) is 2.67. The Morgan fingerprint density at radius 2 is 2.29 bits per heavy atom. The number of hydrogen-bond donors (Lipinski definition) is 2. The van der Waals surface area contributed by atoms with Crippen LogP contribution in [0.2, 0.25) is 5.02 Å². The van der Waals surface area contributed by atoms with E-state index in [1.165, 1.54) is 0 Å². The number of carboxylic acid groups (broad SMARTS) is 1. The number of hydrogen-bond acceptors (Lipinski definition) is 2. The third-order valence-electron chi connectivity index (χ3n) is 3.05. The summed E-state index contributed by atoms with van der Waals surface area (Å²) in [7, 11) is 0. The van der Waals surface area contributed by atoms with Gasteiger partial charge in [0, 0.05) is 11.4 Å². The van der Waals surface area contributed by atoms with E-state index in [1.807, 2.05) is 18.2 Å². The second kappa shape index (κ2) is 5.71. The van der Waals surface area contributed by atoms with Crippen LogP contribution in [0.25, 0.3) is 0 Å². The van der Waals surface area contributed by atoms with Crippen LogP contribution in [0.4, 0.5) is 0 Å². The molecular formula is C12H15Cl2NO2. The summed E-state index contributed by atoms with van der Waals surface area (Å²) in [6.07, 6.45) is 2.07. The van der Waals surface area contributed by atoms with Crippen LogP contribution in [0.3, 0.4) is 0 Å². The molecule has 1 aromatic rings. The highest BCUT2D eigenvalue weighted by atomic mass is 35.5. The minimum Gasteiger partial charge on any atom is -0.480 e. The van der Waals surface area contributed by atoms with Gasteiger partial charge in [-0.15, -0.1) is 12.4 Å². The number of nitrogens with one attached hydrogen (secondary N) is 1. The van der Waals surface area contributed by atoms with E-state index in [2.05, 4.69) is 5.32 Å². The van der Waals surface area contributed by atoms with Gasteiger partial charge in [-0.05, 0) is 37.1 Å². The fourth-order valence-electron chi connectivity index (χ4n) is 2.21. The molecule has 0 bridgehead atoms. The number of benzene rings is 1. The normalized spacial score (nSPS) is 23.1. The highest BCUT2D eigenvalue weighted by molar-refractivity contribution is 6.30. The second-order valence-corrected chi connectivity index (χ2v) is 4.66. The lowest BCUT2D eigenvalue weighted by Gasteiger charge is -2.24. The smallest absolute Gasteiger partial charge is 0.324 e. The first-order chi connectivity index (χ1) is 7.62. The molecule has 3 nitrogen and oxygen atoms in total. The van der Waals surface area contributed by atoms with Crippen molar-refractivity contribution in [3.8, 4) is 0 Å². The molecule has 1 aliphatic rings. The van der Waals surface area contributed by atoms with Gasteiger partial charge in [-0.3, -0.25) is 4.79 Å². The molecule has 94 valence electrons. The summed E-state index contributed by atoms with van der Waals surface area (Å²) in [6, 6.07) is 7.38. The maximum absolute atomic E-state index is 11.3. The van der Waals surface area contributed by atoms with E-state index in [1.54, 1.807) is 6.07 Å². The molecule has 0 aliphatic carbocycles. The predicted molar refractivity (Wildman–Crippen MR) is 70.0 cm³/mol. The molecule has 1 fully saturated rings. The van der Waals surface area contributed by atoms with Crippen LogP contribution in [-0.4, -0.2) is 23.2 Å². The van der Waals surface area contributed by atoms with Crippen molar-refractivity contribution in [2.24, 2.45) is 0 Å². The SMILES string of the molecule is Cl.O=C(O)[C@]1(Cc2cccc(Cl)c2)CCCN1. The van der Waals surface area contributed by atoms with Crippen LogP contribution < -0.4 is 5.32 Å². The zero-order valence-corrected chi connectivity index (χ0v) is 10.9. The fourth-order valence-corrected chi connectivity index (χ4v) is 2.42. The Bertz CT molecular complexity index is 403. The van der Waals surface area contributed by atoms with Gasteiger partial charge in [0.1, 0.15) is 5.54 Å². The van der Waals surface area contributed by atoms with Gasteiger partial charge in [0.2, 0.25) is 0 Å². The van der Waals surface area contributed by atoms with Crippen LogP contribution in [0, 0.1) is 0 Å². The highest BCUT2D eigenvalue weighted by Crippen LogP contribution is 2.25. The molecule has 2 N–H and O–H groups in total. The van der Waals surface area contributed by atoms with Gasteiger partial charge in [-0.2, -0.15) is 0 Å². The van der Waals surface area contributed by atoms with Crippen molar-refractivity contribution in [3.63, 3.8) is 0 Å². The summed E-state index contributed by atoms with van der Waals surface area (Å²) >= 11 is 5.89. The Balaban J connectivity index is 0.00000144. The van der Waals surface area contributed by atoms with E-state index in [0.29, 0.717) is 17.9 Å². The van der Waals surface area contributed by atoms with E-state index in [9.17, 15) is 9.90 Å². The molecule has 2 rings (SSSR count). The van der Waals surface area contributed by atoms with Crippen LogP contribution in [0.1, 0.15) is 18.4 Å². The molecule has 5 heteroatoms. The zero-order valence-electron chi connectivity index (χ0n) is 9.28. The monoisotopic (exact) mass is 275 g/mol. The first-order valence-corrected chi connectivity index (χ1v) is 5.73. The Morgan fingerprint density at radius 1 is 1.53 bits per heavy atom. The van der Waals surface area contributed by atoms with Gasteiger partial charge in [0.15, 0.2) is 0 Å². The molecule has 17 heavy (non-hydrogen) atoms. The number of carbonyl (C=O) groups is 1. The molecule has 1 aliphatic heterocycles. The van der Waals surface area contributed by atoms with E-state index in [-0.39, 0.29) is 12.4 Å². The van der Waals surface area contributed by atoms with E-state index in [4.69, 9.17) is 11.6 Å². The largest absolute Gasteiger partial charge is 0.480 e. The molecule has 0 radical (unpaired) electrons. The number of carboxylic acids is 1. The zero-order chi connectivity index (χ0) is 11.6. The first kappa shape index (κ1) is 14.3. The Kier molecular flexibility index (Phi) is 4.80. The van der Waals surface area contributed by atoms with E-state index in [0.717, 1.165) is 18.5 Å². The van der Waals surface area contributed by atoms with Gasteiger partial charge < -0.3 is 10.4 Å². The summed E-state index contributed by atoms with van der Waals surface area (Å²) < 4.78 is 0. The van der Waals surface area contributed by atoms with Gasteiger partial charge in [0.05, 0.1) is 0 Å². The lowest BCUT2D eigenvalue weighted by Crippen LogP contribution is -2.49. The predicted octanol–water partition coefficient (Wildman–Crippen LogP) is 2.51. The van der Waals surface area contributed by atoms with E-state index < -0.39 is 11.5 Å². The standard InChI is InChI=1S/C12H14ClNO2.ClH/c13-10-4-1-3-9(7-10)8-12(11(15)16)5-2-6-14-12;/h1,3-4,7,14H,2,5-6,8H2,(H,15,16);1H/t12-;/m1./s1. The lowest BCUT2D eigenvalue weighted by molar-refractivity contribution is -0.144. The van der Waals surface area contributed by atoms with Crippen molar-refractivity contribution < 1.29 is 9.90 Å². The molecule has 1 heterocycles. The van der Waals surface area contributed by atoms with E-state index >= 15 is 0 Å². The Labute approximate surface area is 112 Å². The molecule has 0 unspecified atom stereocenters. The first-order valence-electron chi connectivity index (χ1n) is 5.35. The highest BCUT2D eigenvalue weighted by Gasteiger charge is 2.40. The van der Waals surface area contributed by atoms with Crippen LogP contribution >= 0.6 is 24.0 Å². The summed E-state index contributed by atoms with van der Waals surface area (Å²) in [5.41, 5.74) is 0.161. The molecule has 0 saturated carbocycles. The molecule has 0 spiro atoms. The molecule has 0 amide bonds. The van der Waals surface area contributed by atoms with Crippen molar-refractivity contribution in [2.45, 2.75) is 24.8 Å². The number of aliphatic carboxylic acids is 1. The molecule has 1 atom stereocenters. The minimum atomic E-state index is -0.801. The van der Waals surface area contributed by atoms with Crippen molar-refractivity contribution in [1.82, 2.24) is 5.32 Å². The summed E-state index contributed by atoms with van der Waals surface area (Å²) in [5.74, 6) is -0.773. The van der Waals surface area contributed by atoms with Crippen LogP contribution in [0.5, 0.6) is 0 Å². The van der Waals surface area contributed by atoms with Crippen molar-refractivity contribution >= 4 is 30.0 Å². The van der Waals surface area contributed by atoms with Gasteiger partial charge in [0.25, 0.3) is 0 Å². The Hall–Kier alpha value is -0.770. The maximum atomic E-state index is 11.3. The molecule has 1 saturated heterocycles. The Morgan fingerprint density at radius 3 is 2.82 bits per heavy atom. The van der Waals surface area contributed by atoms with Gasteiger partial charge in [-0.25, -0.2) is 0 Å². The van der Waals surface area contributed by atoms with Crippen LogP contribution in [-0.2, 0) is 11.2 Å². The van der Waals surface area contributed by atoms with Gasteiger partial charge in [-0.1, -0.05) is 23.7 Å². The quantitative estimate of drug-likeness (QED) is 0.891. The molecule has 1 aromatic carbocycles. The topological polar surface area (TPSA) is 49.3 Å². The lowest BCUT2D eigenvalue weighted by atomic mass is 9.89.